The maximum absolute atomic E-state index is 5.82. The highest BCUT2D eigenvalue weighted by molar-refractivity contribution is 4.88. The molecule has 0 aliphatic carbocycles. The van der Waals surface area contributed by atoms with Crippen molar-refractivity contribution in [3.05, 3.63) is 0 Å². The first-order chi connectivity index (χ1) is 8.16. The Balaban J connectivity index is 1.78. The van der Waals surface area contributed by atoms with Crippen LogP contribution in [0.5, 0.6) is 0 Å². The van der Waals surface area contributed by atoms with Gasteiger partial charge in [-0.3, -0.25) is 9.80 Å². The first-order valence-corrected chi connectivity index (χ1v) is 7.40. The monoisotopic (exact) mass is 239 g/mol. The molecule has 2 saturated heterocycles. The molecule has 0 saturated carbocycles. The van der Waals surface area contributed by atoms with Gasteiger partial charge >= 0.3 is 0 Å². The minimum Gasteiger partial charge on any atom is -0.328 e. The highest BCUT2D eigenvalue weighted by Crippen LogP contribution is 2.24. The molecule has 0 spiro atoms. The van der Waals surface area contributed by atoms with Crippen LogP contribution in [0.4, 0.5) is 0 Å². The van der Waals surface area contributed by atoms with Crippen LogP contribution >= 0.6 is 0 Å². The topological polar surface area (TPSA) is 32.5 Å². The third kappa shape index (κ3) is 3.67. The summed E-state index contributed by atoms with van der Waals surface area (Å²) in [5, 5.41) is 0. The van der Waals surface area contributed by atoms with Crippen molar-refractivity contribution in [3.8, 4) is 0 Å². The molecule has 0 aromatic rings. The summed E-state index contributed by atoms with van der Waals surface area (Å²) < 4.78 is 0. The van der Waals surface area contributed by atoms with Crippen LogP contribution in [0.2, 0.25) is 0 Å². The maximum atomic E-state index is 5.82. The summed E-state index contributed by atoms with van der Waals surface area (Å²) in [6.45, 7) is 9.65. The molecule has 2 rings (SSSR count). The lowest BCUT2D eigenvalue weighted by atomic mass is 9.97. The van der Waals surface area contributed by atoms with Crippen molar-refractivity contribution < 1.29 is 0 Å². The van der Waals surface area contributed by atoms with Gasteiger partial charge in [-0.25, -0.2) is 0 Å². The molecule has 3 atom stereocenters. The quantitative estimate of drug-likeness (QED) is 0.810. The molecule has 3 unspecified atom stereocenters. The van der Waals surface area contributed by atoms with Gasteiger partial charge in [0.25, 0.3) is 0 Å². The average molecular weight is 239 g/mol. The van der Waals surface area contributed by atoms with E-state index in [0.29, 0.717) is 6.04 Å². The van der Waals surface area contributed by atoms with Crippen LogP contribution in [-0.4, -0.2) is 54.1 Å². The number of rotatable bonds is 4. The number of nitrogens with two attached hydrogens (primary N) is 1. The van der Waals surface area contributed by atoms with Crippen LogP contribution in [0.1, 0.15) is 46.0 Å². The largest absolute Gasteiger partial charge is 0.328 e. The Morgan fingerprint density at radius 2 is 2.12 bits per heavy atom. The number of piperidine rings is 1. The van der Waals surface area contributed by atoms with Gasteiger partial charge < -0.3 is 5.73 Å². The van der Waals surface area contributed by atoms with Gasteiger partial charge in [-0.05, 0) is 52.6 Å². The van der Waals surface area contributed by atoms with Crippen LogP contribution < -0.4 is 5.73 Å². The molecule has 2 heterocycles. The molecular weight excluding hydrogens is 210 g/mol. The lowest BCUT2D eigenvalue weighted by Gasteiger charge is -2.47. The SMILES string of the molecule is CC(N)CCCN1CC2CCCCN2CC1C. The van der Waals surface area contributed by atoms with Crippen molar-refractivity contribution >= 4 is 0 Å². The van der Waals surface area contributed by atoms with Gasteiger partial charge in [0.2, 0.25) is 0 Å². The van der Waals surface area contributed by atoms with Gasteiger partial charge in [0.1, 0.15) is 0 Å². The van der Waals surface area contributed by atoms with Gasteiger partial charge in [0.05, 0.1) is 0 Å². The van der Waals surface area contributed by atoms with Crippen LogP contribution in [0, 0.1) is 0 Å². The van der Waals surface area contributed by atoms with E-state index in [1.165, 1.54) is 51.9 Å². The Hall–Kier alpha value is -0.120. The zero-order valence-corrected chi connectivity index (χ0v) is 11.6. The molecule has 0 radical (unpaired) electrons. The molecule has 2 aliphatic rings. The molecule has 3 heteroatoms. The van der Waals surface area contributed by atoms with Gasteiger partial charge in [0.15, 0.2) is 0 Å². The van der Waals surface area contributed by atoms with Crippen molar-refractivity contribution in [3.63, 3.8) is 0 Å². The standard InChI is InChI=1S/C14H29N3/c1-12(15)6-5-9-16-11-14-7-3-4-8-17(14)10-13(16)2/h12-14H,3-11,15H2,1-2H3. The maximum Gasteiger partial charge on any atom is 0.0223 e. The smallest absolute Gasteiger partial charge is 0.0223 e. The van der Waals surface area contributed by atoms with E-state index in [9.17, 15) is 0 Å². The lowest BCUT2D eigenvalue weighted by Crippen LogP contribution is -2.58. The Kier molecular flexibility index (Phi) is 4.83. The van der Waals surface area contributed by atoms with E-state index in [0.717, 1.165) is 18.5 Å². The van der Waals surface area contributed by atoms with Crippen LogP contribution in [0.25, 0.3) is 0 Å². The number of nitrogens with zero attached hydrogens (tertiary/aromatic N) is 2. The minimum atomic E-state index is 0.362. The van der Waals surface area contributed by atoms with Crippen LogP contribution in [0.15, 0.2) is 0 Å². The molecule has 3 nitrogen and oxygen atoms in total. The molecule has 0 aromatic carbocycles. The van der Waals surface area contributed by atoms with E-state index in [1.54, 1.807) is 0 Å². The predicted molar refractivity (Wildman–Crippen MR) is 73.1 cm³/mol. The van der Waals surface area contributed by atoms with E-state index in [-0.39, 0.29) is 0 Å². The molecule has 0 amide bonds. The minimum absolute atomic E-state index is 0.362. The van der Waals surface area contributed by atoms with E-state index >= 15 is 0 Å². The Labute approximate surface area is 106 Å². The second kappa shape index (κ2) is 6.17. The lowest BCUT2D eigenvalue weighted by molar-refractivity contribution is 0.0145. The molecule has 2 fully saturated rings. The molecule has 0 aromatic heterocycles. The second-order valence-corrected chi connectivity index (χ2v) is 6.11. The number of fused-ring (bicyclic) bond motifs is 1. The Morgan fingerprint density at radius 3 is 2.88 bits per heavy atom. The predicted octanol–water partition coefficient (Wildman–Crippen LogP) is 1.67. The fourth-order valence-electron chi connectivity index (χ4n) is 3.34. The molecule has 100 valence electrons. The molecule has 17 heavy (non-hydrogen) atoms. The average Bonchev–Trinajstić information content (AvgIpc) is 2.29. The summed E-state index contributed by atoms with van der Waals surface area (Å²) >= 11 is 0. The van der Waals surface area contributed by atoms with Crippen molar-refractivity contribution in [2.45, 2.75) is 64.1 Å². The van der Waals surface area contributed by atoms with E-state index in [2.05, 4.69) is 23.6 Å². The highest BCUT2D eigenvalue weighted by Gasteiger charge is 2.32. The van der Waals surface area contributed by atoms with Gasteiger partial charge in [-0.2, -0.15) is 0 Å². The second-order valence-electron chi connectivity index (χ2n) is 6.11. The summed E-state index contributed by atoms with van der Waals surface area (Å²) in [6, 6.07) is 1.94. The summed E-state index contributed by atoms with van der Waals surface area (Å²) in [5.74, 6) is 0. The zero-order chi connectivity index (χ0) is 12.3. The fraction of sp³-hybridized carbons (Fsp3) is 1.00. The normalized spacial score (nSPS) is 33.4. The van der Waals surface area contributed by atoms with Crippen molar-refractivity contribution in [2.75, 3.05) is 26.2 Å². The van der Waals surface area contributed by atoms with Crippen molar-refractivity contribution in [1.29, 1.82) is 0 Å². The molecule has 0 bridgehead atoms. The summed E-state index contributed by atoms with van der Waals surface area (Å²) in [4.78, 5) is 5.41. The molecular formula is C14H29N3. The fourth-order valence-corrected chi connectivity index (χ4v) is 3.34. The van der Waals surface area contributed by atoms with E-state index in [4.69, 9.17) is 5.73 Å². The Morgan fingerprint density at radius 1 is 1.29 bits per heavy atom. The van der Waals surface area contributed by atoms with E-state index < -0.39 is 0 Å². The summed E-state index contributed by atoms with van der Waals surface area (Å²) in [5.41, 5.74) is 5.82. The van der Waals surface area contributed by atoms with Gasteiger partial charge in [-0.15, -0.1) is 0 Å². The van der Waals surface area contributed by atoms with Crippen molar-refractivity contribution in [1.82, 2.24) is 9.80 Å². The number of hydrogen-bond donors (Lipinski definition) is 1. The first kappa shape index (κ1) is 13.3. The van der Waals surface area contributed by atoms with E-state index in [1.807, 2.05) is 0 Å². The first-order valence-electron chi connectivity index (χ1n) is 7.40. The summed E-state index contributed by atoms with van der Waals surface area (Å²) in [6.07, 6.45) is 6.68. The van der Waals surface area contributed by atoms with Gasteiger partial charge in [-0.1, -0.05) is 6.42 Å². The summed E-state index contributed by atoms with van der Waals surface area (Å²) in [7, 11) is 0. The number of hydrogen-bond acceptors (Lipinski definition) is 3. The molecule has 2 aliphatic heterocycles. The third-order valence-electron chi connectivity index (χ3n) is 4.42. The number of piperazine rings is 1. The van der Waals surface area contributed by atoms with Crippen LogP contribution in [-0.2, 0) is 0 Å². The Bertz CT molecular complexity index is 230. The molecule has 2 N–H and O–H groups in total. The van der Waals surface area contributed by atoms with Crippen molar-refractivity contribution in [2.24, 2.45) is 5.73 Å². The highest BCUT2D eigenvalue weighted by atomic mass is 15.3. The third-order valence-corrected chi connectivity index (χ3v) is 4.42. The van der Waals surface area contributed by atoms with Gasteiger partial charge in [0, 0.05) is 31.2 Å². The van der Waals surface area contributed by atoms with Crippen LogP contribution in [0.3, 0.4) is 0 Å². The zero-order valence-electron chi connectivity index (χ0n) is 11.6.